The van der Waals surface area contributed by atoms with Crippen LogP contribution in [0.25, 0.3) is 22.3 Å². The minimum atomic E-state index is -0.952. The van der Waals surface area contributed by atoms with Crippen LogP contribution in [0.1, 0.15) is 73.1 Å². The number of hydrogen-bond acceptors (Lipinski definition) is 12. The number of H-pyrrole nitrogens is 1. The lowest BCUT2D eigenvalue weighted by Gasteiger charge is -2.36. The fraction of sp³-hybridized carbons (Fsp3) is 0.512. The van der Waals surface area contributed by atoms with Crippen molar-refractivity contribution in [2.75, 3.05) is 75.2 Å². The zero-order valence-corrected chi connectivity index (χ0v) is 33.4. The van der Waals surface area contributed by atoms with E-state index in [9.17, 15) is 19.2 Å². The number of aromatic nitrogens is 4. The Kier molecular flexibility index (Phi) is 10.6. The Morgan fingerprint density at radius 1 is 0.793 bits per heavy atom. The number of nitrogens with one attached hydrogen (secondary N) is 2. The maximum absolute atomic E-state index is 13.3. The molecule has 2 N–H and O–H groups in total. The molecule has 2 aromatic heterocycles. The van der Waals surface area contributed by atoms with Gasteiger partial charge in [0.2, 0.25) is 11.8 Å². The third kappa shape index (κ3) is 7.76. The van der Waals surface area contributed by atoms with Crippen molar-refractivity contribution >= 4 is 46.0 Å². The van der Waals surface area contributed by atoms with Crippen molar-refractivity contribution in [3.63, 3.8) is 0 Å². The third-order valence-corrected chi connectivity index (χ3v) is 12.6. The predicted molar refractivity (Wildman–Crippen MR) is 219 cm³/mol. The average molecular weight is 789 g/mol. The number of amides is 4. The minimum Gasteiger partial charge on any atom is -0.491 e. The van der Waals surface area contributed by atoms with Gasteiger partial charge in [0.05, 0.1) is 28.4 Å². The largest absolute Gasteiger partial charge is 0.491 e. The summed E-state index contributed by atoms with van der Waals surface area (Å²) in [6, 6.07) is 12.5. The van der Waals surface area contributed by atoms with Crippen LogP contribution in [0.2, 0.25) is 0 Å². The highest BCUT2D eigenvalue weighted by Gasteiger charge is 2.45. The van der Waals surface area contributed by atoms with E-state index in [-0.39, 0.29) is 24.9 Å². The molecule has 1 unspecified atom stereocenters. The number of nitrogens with zero attached hydrogens (tertiary/aromatic N) is 8. The molecule has 0 bridgehead atoms. The molecule has 15 nitrogen and oxygen atoms in total. The highest BCUT2D eigenvalue weighted by Crippen LogP contribution is 2.34. The van der Waals surface area contributed by atoms with Crippen molar-refractivity contribution in [3.05, 3.63) is 59.9 Å². The van der Waals surface area contributed by atoms with Gasteiger partial charge in [-0.3, -0.25) is 39.4 Å². The molecule has 0 radical (unpaired) electrons. The second-order valence-electron chi connectivity index (χ2n) is 16.8. The molecule has 5 aliphatic heterocycles. The van der Waals surface area contributed by atoms with Gasteiger partial charge in [-0.2, -0.15) is 5.10 Å². The number of ether oxygens (including phenoxy) is 1. The van der Waals surface area contributed by atoms with Gasteiger partial charge in [-0.05, 0) is 107 Å². The molecule has 9 rings (SSSR count). The predicted octanol–water partition coefficient (Wildman–Crippen LogP) is 3.96. The molecule has 4 saturated heterocycles. The number of imide groups is 2. The van der Waals surface area contributed by atoms with Gasteiger partial charge in [0.1, 0.15) is 29.6 Å². The number of piperazine rings is 1. The molecule has 0 spiro atoms. The maximum atomic E-state index is 13.3. The lowest BCUT2D eigenvalue weighted by molar-refractivity contribution is -0.136. The number of carbonyl (C=O) groups is 4. The van der Waals surface area contributed by atoms with Gasteiger partial charge < -0.3 is 19.4 Å². The number of benzene rings is 2. The summed E-state index contributed by atoms with van der Waals surface area (Å²) in [7, 11) is 0. The second kappa shape index (κ2) is 16.1. The van der Waals surface area contributed by atoms with Crippen molar-refractivity contribution in [1.82, 2.24) is 40.2 Å². The van der Waals surface area contributed by atoms with E-state index in [0.29, 0.717) is 17.0 Å². The quantitative estimate of drug-likeness (QED) is 0.211. The number of likely N-dealkylation sites (tertiary alicyclic amines) is 1. The highest BCUT2D eigenvalue weighted by molar-refractivity contribution is 6.23. The summed E-state index contributed by atoms with van der Waals surface area (Å²) in [4.78, 5) is 70.7. The van der Waals surface area contributed by atoms with Crippen LogP contribution >= 0.6 is 0 Å². The van der Waals surface area contributed by atoms with Gasteiger partial charge >= 0.3 is 0 Å². The molecule has 0 saturated carbocycles. The topological polar surface area (TPSA) is 160 Å². The first kappa shape index (κ1) is 38.1. The van der Waals surface area contributed by atoms with Gasteiger partial charge in [-0.15, -0.1) is 0 Å². The van der Waals surface area contributed by atoms with Gasteiger partial charge in [0.15, 0.2) is 0 Å². The van der Waals surface area contributed by atoms with Crippen molar-refractivity contribution in [3.8, 4) is 17.1 Å². The molecular weight excluding hydrogens is 737 g/mol. The number of anilines is 2. The van der Waals surface area contributed by atoms with Crippen LogP contribution in [0.4, 0.5) is 11.5 Å². The fourth-order valence-corrected chi connectivity index (χ4v) is 9.46. The van der Waals surface area contributed by atoms with Crippen LogP contribution in [0.5, 0.6) is 5.75 Å². The van der Waals surface area contributed by atoms with Crippen LogP contribution in [-0.4, -0.2) is 136 Å². The van der Waals surface area contributed by atoms with E-state index in [0.717, 1.165) is 122 Å². The summed E-state index contributed by atoms with van der Waals surface area (Å²) in [5.74, 6) is 1.22. The summed E-state index contributed by atoms with van der Waals surface area (Å²) in [5, 5.41) is 11.0. The Bertz CT molecular complexity index is 2210. The van der Waals surface area contributed by atoms with Crippen LogP contribution in [0, 0.1) is 11.8 Å². The first-order chi connectivity index (χ1) is 28.2. The lowest BCUT2D eigenvalue weighted by Crippen LogP contribution is -2.54. The number of fused-ring (bicyclic) bond motifs is 2. The first-order valence-electron chi connectivity index (χ1n) is 20.9. The molecule has 0 aliphatic carbocycles. The zero-order chi connectivity index (χ0) is 39.9. The smallest absolute Gasteiger partial charge is 0.262 e. The number of carbonyl (C=O) groups excluding carboxylic acids is 4. The number of piperidine rings is 2. The van der Waals surface area contributed by atoms with Crippen molar-refractivity contribution in [2.24, 2.45) is 11.8 Å². The van der Waals surface area contributed by atoms with E-state index >= 15 is 0 Å². The lowest BCUT2D eigenvalue weighted by atomic mass is 9.95. The molecule has 2 atom stereocenters. The Hall–Kier alpha value is -5.41. The summed E-state index contributed by atoms with van der Waals surface area (Å²) < 4.78 is 5.93. The monoisotopic (exact) mass is 788 g/mol. The molecule has 15 heteroatoms. The zero-order valence-electron chi connectivity index (χ0n) is 33.4. The van der Waals surface area contributed by atoms with E-state index < -0.39 is 23.8 Å². The van der Waals surface area contributed by atoms with E-state index in [2.05, 4.69) is 51.1 Å². The Morgan fingerprint density at radius 2 is 1.59 bits per heavy atom. The number of rotatable bonds is 11. The Morgan fingerprint density at radius 3 is 2.38 bits per heavy atom. The molecule has 2 aromatic carbocycles. The summed E-state index contributed by atoms with van der Waals surface area (Å²) in [6.45, 7) is 14.3. The fourth-order valence-electron chi connectivity index (χ4n) is 9.46. The van der Waals surface area contributed by atoms with Gasteiger partial charge in [0.25, 0.3) is 11.8 Å². The molecule has 5 aliphatic rings. The normalized spacial score (nSPS) is 22.4. The Balaban J connectivity index is 0.711. The molecule has 4 fully saturated rings. The third-order valence-electron chi connectivity index (χ3n) is 12.6. The summed E-state index contributed by atoms with van der Waals surface area (Å²) in [5.41, 5.74) is 4.14. The van der Waals surface area contributed by atoms with E-state index in [1.165, 1.54) is 19.4 Å². The Labute approximate surface area is 338 Å². The molecular formula is C43H52N10O5. The van der Waals surface area contributed by atoms with Crippen molar-refractivity contribution < 1.29 is 23.9 Å². The van der Waals surface area contributed by atoms with Gasteiger partial charge in [0, 0.05) is 75.9 Å². The highest BCUT2D eigenvalue weighted by atomic mass is 16.5. The van der Waals surface area contributed by atoms with Crippen LogP contribution in [-0.2, 0) is 9.59 Å². The molecule has 7 heterocycles. The molecule has 304 valence electrons. The van der Waals surface area contributed by atoms with Gasteiger partial charge in [-0.1, -0.05) is 0 Å². The van der Waals surface area contributed by atoms with Crippen LogP contribution < -0.4 is 19.9 Å². The summed E-state index contributed by atoms with van der Waals surface area (Å²) in [6.07, 6.45) is 6.64. The van der Waals surface area contributed by atoms with Crippen LogP contribution in [0.3, 0.4) is 0 Å². The summed E-state index contributed by atoms with van der Waals surface area (Å²) >= 11 is 0. The average Bonchev–Trinajstić information content (AvgIpc) is 3.93. The van der Waals surface area contributed by atoms with Crippen molar-refractivity contribution in [2.45, 2.75) is 64.5 Å². The SMILES string of the molecule is CC(C)Oc1ccc2[nH]nc(-c3cc(N4CCN(CC[C@H]5CCN(CC6CCN(c7ccc8c(c7)C(=O)N(C7CCC(=O)NC7=O)C8=O)CC6)C5)CC4)ncn3)c2c1. The number of aromatic amines is 1. The van der Waals surface area contributed by atoms with E-state index in [4.69, 9.17) is 4.74 Å². The first-order valence-corrected chi connectivity index (χ1v) is 20.9. The standard InChI is InChI=1S/C43H52N10O5/c1-27(2)58-31-4-6-35-34(22-31)40(48-47-35)36-23-38(45-26-44-36)52-19-17-49(18-20-52)13-9-28-10-14-50(24-28)25-29-11-15-51(16-12-29)30-3-5-32-33(21-30)43(57)53(42(32)56)37-7-8-39(54)46-41(37)55/h3-6,21-23,26-29,37H,7-20,24-25H2,1-2H3,(H,47,48)(H,46,54,55)/t28-,37?/m0/s1. The van der Waals surface area contributed by atoms with E-state index in [1.807, 2.05) is 44.2 Å². The maximum Gasteiger partial charge on any atom is 0.262 e. The molecule has 4 amide bonds. The molecule has 58 heavy (non-hydrogen) atoms. The van der Waals surface area contributed by atoms with E-state index in [1.54, 1.807) is 12.4 Å². The number of hydrogen-bond donors (Lipinski definition) is 2. The van der Waals surface area contributed by atoms with Gasteiger partial charge in [-0.25, -0.2) is 9.97 Å². The minimum absolute atomic E-state index is 0.0915. The second-order valence-corrected chi connectivity index (χ2v) is 16.8. The van der Waals surface area contributed by atoms with Crippen LogP contribution in [0.15, 0.2) is 48.8 Å². The van der Waals surface area contributed by atoms with Crippen molar-refractivity contribution in [1.29, 1.82) is 0 Å². The molecule has 4 aromatic rings.